The second-order valence-corrected chi connectivity index (χ2v) is 4.20. The lowest BCUT2D eigenvalue weighted by Gasteiger charge is -2.08. The highest BCUT2D eigenvalue weighted by Crippen LogP contribution is 2.27. The molecule has 0 aliphatic carbocycles. The number of nitrogen functional groups attached to an aromatic ring is 1. The summed E-state index contributed by atoms with van der Waals surface area (Å²) < 4.78 is 1.54. The number of rotatable bonds is 2. The fourth-order valence-corrected chi connectivity index (χ4v) is 1.92. The van der Waals surface area contributed by atoms with E-state index in [0.717, 1.165) is 0 Å². The first-order chi connectivity index (χ1) is 8.02. The number of pyridine rings is 1. The van der Waals surface area contributed by atoms with Crippen molar-refractivity contribution in [1.82, 2.24) is 19.7 Å². The number of nitrogens with two attached hydrogens (primary N) is 1. The molecule has 0 bridgehead atoms. The van der Waals surface area contributed by atoms with Gasteiger partial charge in [0.25, 0.3) is 0 Å². The van der Waals surface area contributed by atoms with Gasteiger partial charge >= 0.3 is 0 Å². The lowest BCUT2D eigenvalue weighted by atomic mass is 10.4. The van der Waals surface area contributed by atoms with Crippen LogP contribution in [0, 0.1) is 13.8 Å². The van der Waals surface area contributed by atoms with Gasteiger partial charge in [0.2, 0.25) is 0 Å². The van der Waals surface area contributed by atoms with Crippen LogP contribution in [-0.2, 0) is 0 Å². The summed E-state index contributed by atoms with van der Waals surface area (Å²) >= 11 is 12.0. The Morgan fingerprint density at radius 3 is 2.47 bits per heavy atom. The zero-order valence-electron chi connectivity index (χ0n) is 9.20. The molecule has 2 aromatic heterocycles. The van der Waals surface area contributed by atoms with Gasteiger partial charge in [-0.15, -0.1) is 5.10 Å². The van der Waals surface area contributed by atoms with E-state index in [9.17, 15) is 0 Å². The summed E-state index contributed by atoms with van der Waals surface area (Å²) in [6.45, 7) is 3.59. The SMILES string of the molecule is Cc1nc(C)n(-c2nc(NN)c(Cl)cc2Cl)n1. The second kappa shape index (κ2) is 4.48. The number of aryl methyl sites for hydroxylation is 2. The van der Waals surface area contributed by atoms with E-state index >= 15 is 0 Å². The van der Waals surface area contributed by atoms with Crippen molar-refractivity contribution in [2.45, 2.75) is 13.8 Å². The van der Waals surface area contributed by atoms with Crippen molar-refractivity contribution in [3.8, 4) is 5.82 Å². The lowest BCUT2D eigenvalue weighted by Crippen LogP contribution is -2.12. The number of hydrazine groups is 1. The summed E-state index contributed by atoms with van der Waals surface area (Å²) in [6, 6.07) is 1.55. The highest BCUT2D eigenvalue weighted by molar-refractivity contribution is 6.36. The Morgan fingerprint density at radius 1 is 1.24 bits per heavy atom. The molecule has 0 atom stereocenters. The van der Waals surface area contributed by atoms with Crippen molar-refractivity contribution in [2.24, 2.45) is 5.84 Å². The molecule has 17 heavy (non-hydrogen) atoms. The van der Waals surface area contributed by atoms with Gasteiger partial charge in [-0.3, -0.25) is 0 Å². The summed E-state index contributed by atoms with van der Waals surface area (Å²) in [5.74, 6) is 7.39. The van der Waals surface area contributed by atoms with E-state index in [4.69, 9.17) is 29.0 Å². The van der Waals surface area contributed by atoms with Gasteiger partial charge in [-0.05, 0) is 19.9 Å². The van der Waals surface area contributed by atoms with Gasteiger partial charge in [-0.1, -0.05) is 23.2 Å². The predicted molar refractivity (Wildman–Crippen MR) is 66.5 cm³/mol. The number of hydrogen-bond donors (Lipinski definition) is 2. The monoisotopic (exact) mass is 272 g/mol. The average Bonchev–Trinajstić information content (AvgIpc) is 2.58. The van der Waals surface area contributed by atoms with Crippen LogP contribution in [0.4, 0.5) is 5.82 Å². The van der Waals surface area contributed by atoms with E-state index in [1.807, 2.05) is 6.92 Å². The molecule has 3 N–H and O–H groups in total. The van der Waals surface area contributed by atoms with Crippen LogP contribution in [0.2, 0.25) is 10.0 Å². The minimum atomic E-state index is 0.332. The Hall–Kier alpha value is -1.37. The number of nitrogens with zero attached hydrogens (tertiary/aromatic N) is 4. The summed E-state index contributed by atoms with van der Waals surface area (Å²) in [4.78, 5) is 8.37. The standard InChI is InChI=1S/C9H10Cl2N6/c1-4-13-5(2)17(16-4)9-7(11)3-6(10)8(14-9)15-12/h3H,12H2,1-2H3,(H,14,15). The molecule has 0 aromatic carbocycles. The van der Waals surface area contributed by atoms with E-state index in [1.165, 1.54) is 4.68 Å². The maximum Gasteiger partial charge on any atom is 0.176 e. The fraction of sp³-hybridized carbons (Fsp3) is 0.222. The Kier molecular flexibility index (Phi) is 3.19. The van der Waals surface area contributed by atoms with Gasteiger partial charge in [0, 0.05) is 0 Å². The van der Waals surface area contributed by atoms with Crippen LogP contribution in [0.5, 0.6) is 0 Å². The molecule has 0 saturated carbocycles. The van der Waals surface area contributed by atoms with E-state index < -0.39 is 0 Å². The normalized spacial score (nSPS) is 10.6. The highest BCUT2D eigenvalue weighted by atomic mass is 35.5. The van der Waals surface area contributed by atoms with Crippen molar-refractivity contribution in [3.05, 3.63) is 27.8 Å². The molecule has 8 heteroatoms. The zero-order chi connectivity index (χ0) is 12.6. The molecule has 0 fully saturated rings. The maximum atomic E-state index is 6.07. The Bertz CT molecular complexity index is 565. The quantitative estimate of drug-likeness (QED) is 0.644. The van der Waals surface area contributed by atoms with E-state index in [0.29, 0.717) is 33.3 Å². The Morgan fingerprint density at radius 2 is 1.94 bits per heavy atom. The number of nitrogens with one attached hydrogen (secondary N) is 1. The van der Waals surface area contributed by atoms with Crippen LogP contribution in [0.1, 0.15) is 11.6 Å². The number of halogens is 2. The van der Waals surface area contributed by atoms with Gasteiger partial charge in [-0.2, -0.15) is 4.68 Å². The average molecular weight is 273 g/mol. The number of aromatic nitrogens is 4. The van der Waals surface area contributed by atoms with Crippen molar-refractivity contribution >= 4 is 29.0 Å². The largest absolute Gasteiger partial charge is 0.307 e. The second-order valence-electron chi connectivity index (χ2n) is 3.39. The predicted octanol–water partition coefficient (Wildman–Crippen LogP) is 1.87. The van der Waals surface area contributed by atoms with Gasteiger partial charge in [0.05, 0.1) is 10.0 Å². The molecule has 0 aliphatic rings. The van der Waals surface area contributed by atoms with E-state index in [-0.39, 0.29) is 0 Å². The van der Waals surface area contributed by atoms with Gasteiger partial charge < -0.3 is 5.43 Å². The molecule has 0 radical (unpaired) electrons. The fourth-order valence-electron chi connectivity index (χ4n) is 1.43. The highest BCUT2D eigenvalue weighted by Gasteiger charge is 2.13. The molecule has 2 heterocycles. The third kappa shape index (κ3) is 2.19. The first-order valence-corrected chi connectivity index (χ1v) is 5.52. The molecule has 6 nitrogen and oxygen atoms in total. The summed E-state index contributed by atoms with van der Waals surface area (Å²) in [6.07, 6.45) is 0. The minimum absolute atomic E-state index is 0.332. The van der Waals surface area contributed by atoms with Crippen molar-refractivity contribution in [1.29, 1.82) is 0 Å². The van der Waals surface area contributed by atoms with Crippen LogP contribution in [0.3, 0.4) is 0 Å². The molecule has 0 saturated heterocycles. The van der Waals surface area contributed by atoms with E-state index in [2.05, 4.69) is 20.5 Å². The molecule has 0 spiro atoms. The van der Waals surface area contributed by atoms with Crippen molar-refractivity contribution in [3.63, 3.8) is 0 Å². The van der Waals surface area contributed by atoms with E-state index in [1.54, 1.807) is 13.0 Å². The summed E-state index contributed by atoms with van der Waals surface area (Å²) in [7, 11) is 0. The van der Waals surface area contributed by atoms with Gasteiger partial charge in [0.1, 0.15) is 11.6 Å². The van der Waals surface area contributed by atoms with Crippen LogP contribution in [0.15, 0.2) is 6.07 Å². The first kappa shape index (κ1) is 12.1. The zero-order valence-corrected chi connectivity index (χ0v) is 10.7. The van der Waals surface area contributed by atoms with Crippen LogP contribution < -0.4 is 11.3 Å². The van der Waals surface area contributed by atoms with Crippen molar-refractivity contribution in [2.75, 3.05) is 5.43 Å². The summed E-state index contributed by atoms with van der Waals surface area (Å²) in [5, 5.41) is 4.91. The Balaban J connectivity index is 2.63. The molecular formula is C9H10Cl2N6. The molecule has 90 valence electrons. The molecule has 0 unspecified atom stereocenters. The molecule has 0 aliphatic heterocycles. The number of hydrogen-bond acceptors (Lipinski definition) is 5. The lowest BCUT2D eigenvalue weighted by molar-refractivity contribution is 0.804. The molecule has 0 amide bonds. The van der Waals surface area contributed by atoms with Crippen LogP contribution >= 0.6 is 23.2 Å². The van der Waals surface area contributed by atoms with Gasteiger partial charge in [0.15, 0.2) is 11.6 Å². The van der Waals surface area contributed by atoms with Gasteiger partial charge in [-0.25, -0.2) is 15.8 Å². The van der Waals surface area contributed by atoms with Crippen LogP contribution in [-0.4, -0.2) is 19.7 Å². The maximum absolute atomic E-state index is 6.07. The number of anilines is 1. The molecule has 2 aromatic rings. The van der Waals surface area contributed by atoms with Crippen molar-refractivity contribution < 1.29 is 0 Å². The smallest absolute Gasteiger partial charge is 0.176 e. The third-order valence-electron chi connectivity index (χ3n) is 2.12. The topological polar surface area (TPSA) is 81.7 Å². The first-order valence-electron chi connectivity index (χ1n) is 4.76. The third-order valence-corrected chi connectivity index (χ3v) is 2.69. The molecular weight excluding hydrogens is 263 g/mol. The Labute approximate surface area is 108 Å². The van der Waals surface area contributed by atoms with Crippen LogP contribution in [0.25, 0.3) is 5.82 Å². The summed E-state index contributed by atoms with van der Waals surface area (Å²) in [5.41, 5.74) is 2.40. The minimum Gasteiger partial charge on any atom is -0.307 e. The molecule has 2 rings (SSSR count).